The number of hydrogen-bond acceptors (Lipinski definition) is 9. The summed E-state index contributed by atoms with van der Waals surface area (Å²) in [7, 11) is 1.24. The number of esters is 1. The Morgan fingerprint density at radius 2 is 1.79 bits per heavy atom. The number of rotatable bonds is 12. The fourth-order valence-corrected chi connectivity index (χ4v) is 3.93. The number of benzene rings is 1. The number of ketones is 2. The Hall–Kier alpha value is -4.12. The molecule has 11 nitrogen and oxygen atoms in total. The maximum Gasteiger partial charge on any atom is 0.313 e. The maximum atomic E-state index is 12.8. The minimum absolute atomic E-state index is 0.105. The molecular weight excluding hydrogens is 538 g/mol. The number of nitrogens with zero attached hydrogens (tertiary/aromatic N) is 3. The summed E-state index contributed by atoms with van der Waals surface area (Å²) < 4.78 is 12.0. The van der Waals surface area contributed by atoms with Gasteiger partial charge in [0, 0.05) is 17.5 Å². The molecule has 4 rings (SSSR count). The molecular formula is C31H43N5O6. The number of methoxy groups -OCH3 is 1. The van der Waals surface area contributed by atoms with Gasteiger partial charge in [0.2, 0.25) is 0 Å². The van der Waals surface area contributed by atoms with E-state index in [0.29, 0.717) is 48.6 Å². The van der Waals surface area contributed by atoms with Crippen LogP contribution in [0.15, 0.2) is 42.5 Å². The molecule has 1 heterocycles. The highest BCUT2D eigenvalue weighted by atomic mass is 16.5. The van der Waals surface area contributed by atoms with E-state index in [4.69, 9.17) is 10.5 Å². The van der Waals surface area contributed by atoms with Crippen LogP contribution in [0.3, 0.4) is 0 Å². The Bertz CT molecular complexity index is 1260. The molecule has 0 saturated heterocycles. The van der Waals surface area contributed by atoms with E-state index in [1.165, 1.54) is 7.11 Å². The molecule has 1 atom stereocenters. The highest BCUT2D eigenvalue weighted by Crippen LogP contribution is 2.24. The SMILES string of the molecule is CC.CCN.COC(=O)CC(=O)c1ccc(OCCCc2c(C(=O)NC3CC3)nnn2C2=CCC(C(C)=O)C=C2)cc1. The van der Waals surface area contributed by atoms with Gasteiger partial charge in [0.05, 0.1) is 25.1 Å². The van der Waals surface area contributed by atoms with Crippen LogP contribution in [-0.2, 0) is 20.7 Å². The lowest BCUT2D eigenvalue weighted by Gasteiger charge is -2.15. The summed E-state index contributed by atoms with van der Waals surface area (Å²) in [6.45, 7) is 8.59. The van der Waals surface area contributed by atoms with E-state index in [1.54, 1.807) is 35.9 Å². The predicted molar refractivity (Wildman–Crippen MR) is 160 cm³/mol. The van der Waals surface area contributed by atoms with Crippen molar-refractivity contribution in [2.75, 3.05) is 20.3 Å². The molecule has 1 saturated carbocycles. The summed E-state index contributed by atoms with van der Waals surface area (Å²) in [5, 5.41) is 11.4. The second-order valence-corrected chi connectivity index (χ2v) is 9.55. The van der Waals surface area contributed by atoms with Gasteiger partial charge < -0.3 is 20.5 Å². The molecule has 1 fully saturated rings. The fourth-order valence-electron chi connectivity index (χ4n) is 3.93. The average molecular weight is 582 g/mol. The van der Waals surface area contributed by atoms with Gasteiger partial charge in [-0.3, -0.25) is 19.2 Å². The number of nitrogens with two attached hydrogens (primary N) is 1. The number of allylic oxidation sites excluding steroid dienone is 4. The van der Waals surface area contributed by atoms with Crippen LogP contribution >= 0.6 is 0 Å². The summed E-state index contributed by atoms with van der Waals surface area (Å²) >= 11 is 0. The number of carbonyl (C=O) groups excluding carboxylic acids is 4. The van der Waals surface area contributed by atoms with E-state index >= 15 is 0 Å². The van der Waals surface area contributed by atoms with Gasteiger partial charge >= 0.3 is 5.97 Å². The zero-order valence-electron chi connectivity index (χ0n) is 25.2. The van der Waals surface area contributed by atoms with Crippen molar-refractivity contribution in [2.45, 2.75) is 72.3 Å². The standard InChI is InChI=1S/C27H30N4O6.C2H7N.C2H6/c1-17(32)18-5-11-21(12-6-18)31-23(26(29-30-31)27(35)28-20-9-10-20)4-3-15-37-22-13-7-19(8-14-22)24(33)16-25(34)36-2;1-2-3;1-2/h5,7-8,11-14,18,20H,3-4,6,9-10,15-16H2,1-2H3,(H,28,35);2-3H2,1H3;1-2H3. The van der Waals surface area contributed by atoms with E-state index in [-0.39, 0.29) is 35.9 Å². The maximum absolute atomic E-state index is 12.8. The molecule has 42 heavy (non-hydrogen) atoms. The van der Waals surface area contributed by atoms with E-state index in [2.05, 4.69) is 20.4 Å². The first-order chi connectivity index (χ1) is 20.3. The normalized spacial score (nSPS) is 15.2. The van der Waals surface area contributed by atoms with Gasteiger partial charge in [-0.15, -0.1) is 5.10 Å². The predicted octanol–water partition coefficient (Wildman–Crippen LogP) is 3.92. The summed E-state index contributed by atoms with van der Waals surface area (Å²) in [6.07, 6.45) is 8.93. The minimum Gasteiger partial charge on any atom is -0.494 e. The Balaban J connectivity index is 0.00000116. The van der Waals surface area contributed by atoms with Crippen LogP contribution in [0.25, 0.3) is 5.70 Å². The monoisotopic (exact) mass is 581 g/mol. The minimum atomic E-state index is -0.581. The molecule has 1 amide bonds. The van der Waals surface area contributed by atoms with Gasteiger partial charge in [0.15, 0.2) is 11.5 Å². The topological polar surface area (TPSA) is 156 Å². The first kappa shape index (κ1) is 34.1. The van der Waals surface area contributed by atoms with Crippen molar-refractivity contribution in [1.29, 1.82) is 0 Å². The van der Waals surface area contributed by atoms with Crippen molar-refractivity contribution in [3.8, 4) is 5.75 Å². The molecule has 2 aliphatic carbocycles. The number of ether oxygens (including phenoxy) is 2. The van der Waals surface area contributed by atoms with Crippen LogP contribution < -0.4 is 15.8 Å². The molecule has 0 bridgehead atoms. The van der Waals surface area contributed by atoms with E-state index in [1.807, 2.05) is 39.0 Å². The number of Topliss-reactive ketones (excluding diaryl/α,β-unsaturated/α-hetero) is 2. The summed E-state index contributed by atoms with van der Waals surface area (Å²) in [4.78, 5) is 47.8. The number of amides is 1. The highest BCUT2D eigenvalue weighted by molar-refractivity contribution is 6.05. The van der Waals surface area contributed by atoms with Gasteiger partial charge in [0.25, 0.3) is 5.91 Å². The van der Waals surface area contributed by atoms with Crippen molar-refractivity contribution in [3.63, 3.8) is 0 Å². The van der Waals surface area contributed by atoms with Gasteiger partial charge in [0.1, 0.15) is 18.0 Å². The van der Waals surface area contributed by atoms with Crippen LogP contribution in [0.5, 0.6) is 5.75 Å². The highest BCUT2D eigenvalue weighted by Gasteiger charge is 2.28. The third-order valence-electron chi connectivity index (χ3n) is 6.27. The third-order valence-corrected chi connectivity index (χ3v) is 6.27. The number of carbonyl (C=O) groups is 4. The van der Waals surface area contributed by atoms with Gasteiger partial charge in [-0.2, -0.15) is 0 Å². The van der Waals surface area contributed by atoms with Gasteiger partial charge in [-0.1, -0.05) is 38.1 Å². The van der Waals surface area contributed by atoms with E-state index in [0.717, 1.165) is 25.1 Å². The van der Waals surface area contributed by atoms with Crippen LogP contribution in [0.4, 0.5) is 0 Å². The van der Waals surface area contributed by atoms with Crippen molar-refractivity contribution in [2.24, 2.45) is 11.7 Å². The Morgan fingerprint density at radius 3 is 2.33 bits per heavy atom. The lowest BCUT2D eigenvalue weighted by atomic mass is 9.96. The lowest BCUT2D eigenvalue weighted by Crippen LogP contribution is -2.27. The number of aromatic nitrogens is 3. The summed E-state index contributed by atoms with van der Waals surface area (Å²) in [5.41, 5.74) is 7.00. The molecule has 1 aromatic carbocycles. The van der Waals surface area contributed by atoms with Crippen molar-refractivity contribution < 1.29 is 28.7 Å². The second-order valence-electron chi connectivity index (χ2n) is 9.55. The third kappa shape index (κ3) is 10.4. The molecule has 2 aliphatic rings. The van der Waals surface area contributed by atoms with Crippen LogP contribution in [0.1, 0.15) is 86.3 Å². The van der Waals surface area contributed by atoms with E-state index < -0.39 is 5.97 Å². The second kappa shape index (κ2) is 17.6. The van der Waals surface area contributed by atoms with Gasteiger partial charge in [-0.25, -0.2) is 4.68 Å². The van der Waals surface area contributed by atoms with Crippen molar-refractivity contribution >= 4 is 29.1 Å². The van der Waals surface area contributed by atoms with Crippen LogP contribution in [0.2, 0.25) is 0 Å². The first-order valence-electron chi connectivity index (χ1n) is 14.4. The molecule has 1 unspecified atom stereocenters. The Morgan fingerprint density at radius 1 is 1.12 bits per heavy atom. The Labute approximate surface area is 247 Å². The molecule has 3 N–H and O–H groups in total. The number of hydrogen-bond donors (Lipinski definition) is 2. The Kier molecular flexibility index (Phi) is 14.3. The van der Waals surface area contributed by atoms with Crippen LogP contribution in [0, 0.1) is 5.92 Å². The van der Waals surface area contributed by atoms with Crippen molar-refractivity contribution in [3.05, 3.63) is 59.4 Å². The largest absolute Gasteiger partial charge is 0.494 e. The van der Waals surface area contributed by atoms with E-state index in [9.17, 15) is 19.2 Å². The molecule has 2 aromatic rings. The zero-order chi connectivity index (χ0) is 31.1. The smallest absolute Gasteiger partial charge is 0.313 e. The first-order valence-corrected chi connectivity index (χ1v) is 14.4. The fraction of sp³-hybridized carbons (Fsp3) is 0.484. The quantitative estimate of drug-likeness (QED) is 0.164. The molecule has 0 radical (unpaired) electrons. The molecule has 11 heteroatoms. The summed E-state index contributed by atoms with van der Waals surface area (Å²) in [6, 6.07) is 6.76. The summed E-state index contributed by atoms with van der Waals surface area (Å²) in [5.74, 6) is -0.601. The molecule has 1 aromatic heterocycles. The average Bonchev–Trinajstić information content (AvgIpc) is 3.72. The molecule has 0 aliphatic heterocycles. The lowest BCUT2D eigenvalue weighted by molar-refractivity contribution is -0.139. The van der Waals surface area contributed by atoms with Crippen LogP contribution in [-0.4, -0.2) is 64.7 Å². The van der Waals surface area contributed by atoms with Crippen molar-refractivity contribution in [1.82, 2.24) is 20.3 Å². The number of nitrogens with one attached hydrogen (secondary N) is 1. The molecule has 228 valence electrons. The van der Waals surface area contributed by atoms with Gasteiger partial charge in [-0.05, 0) is 75.9 Å². The molecule has 0 spiro atoms. The zero-order valence-corrected chi connectivity index (χ0v) is 25.2.